The Hall–Kier alpha value is -6.68. The molecule has 0 aliphatic heterocycles. The van der Waals surface area contributed by atoms with E-state index >= 15 is 0 Å². The fourth-order valence-electron chi connectivity index (χ4n) is 6.18. The van der Waals surface area contributed by atoms with Crippen LogP contribution in [0, 0.1) is 0 Å². The van der Waals surface area contributed by atoms with Crippen LogP contribution < -0.4 is 45.9 Å². The van der Waals surface area contributed by atoms with E-state index in [9.17, 15) is 0 Å². The lowest BCUT2D eigenvalue weighted by atomic mass is 10.1. The third-order valence-corrected chi connectivity index (χ3v) is 9.93. The molecule has 4 radical (unpaired) electrons. The van der Waals surface area contributed by atoms with Gasteiger partial charge in [-0.15, -0.1) is 0 Å². The van der Waals surface area contributed by atoms with E-state index in [0.29, 0.717) is 0 Å². The maximum atomic E-state index is 5.74. The average Bonchev–Trinajstić information content (AvgIpc) is 3.37. The highest BCUT2D eigenvalue weighted by molar-refractivity contribution is 9.10. The molecule has 13 nitrogen and oxygen atoms in total. The van der Waals surface area contributed by atoms with Crippen LogP contribution in [0.15, 0.2) is 174 Å². The van der Waals surface area contributed by atoms with Crippen molar-refractivity contribution in [2.45, 2.75) is 27.3 Å². The van der Waals surface area contributed by atoms with Gasteiger partial charge in [0.05, 0.1) is 66.8 Å². The summed E-state index contributed by atoms with van der Waals surface area (Å²) in [6, 6.07) is 53.8. The number of rotatable bonds is 19. The second-order valence-corrected chi connectivity index (χ2v) is 14.7. The Balaban J connectivity index is 0.000000195. The summed E-state index contributed by atoms with van der Waals surface area (Å²) in [5.74, 6) is 2.41. The van der Waals surface area contributed by atoms with Gasteiger partial charge in [0, 0.05) is 15.8 Å². The molecular weight excluding hydrogens is 908 g/mol. The van der Waals surface area contributed by atoms with E-state index in [-0.39, 0.29) is 0 Å². The van der Waals surface area contributed by atoms with Crippen LogP contribution in [0.1, 0.15) is 0 Å². The van der Waals surface area contributed by atoms with Crippen LogP contribution in [0.4, 0.5) is 56.9 Å². The van der Waals surface area contributed by atoms with E-state index in [1.54, 1.807) is 71.5 Å². The van der Waals surface area contributed by atoms with Gasteiger partial charge in [0.2, 0.25) is 0 Å². The van der Waals surface area contributed by atoms with Gasteiger partial charge in [-0.2, -0.15) is 0 Å². The van der Waals surface area contributed by atoms with Gasteiger partial charge in [-0.1, -0.05) is 43.2 Å². The summed E-state index contributed by atoms with van der Waals surface area (Å²) in [6.45, 7) is 7.34. The van der Waals surface area contributed by atoms with Crippen LogP contribution in [0.5, 0.6) is 17.2 Å². The minimum absolute atomic E-state index is 0.719. The summed E-state index contributed by atoms with van der Waals surface area (Å²) in [6.07, 6.45) is 0. The van der Waals surface area contributed by atoms with Crippen molar-refractivity contribution in [1.29, 1.82) is 0 Å². The van der Waals surface area contributed by atoms with Gasteiger partial charge in [-0.05, 0) is 170 Å². The van der Waals surface area contributed by atoms with Crippen LogP contribution in [-0.2, 0) is 19.0 Å². The molecule has 0 bridgehead atoms. The topological polar surface area (TPSA) is 130 Å². The standard InChI is InChI=1S/C21H21B2BrN2O3.C15H17BNO3.C13H15BN3O/c1-22-28-25(17-6-4-16(24)5-7-17)18-8-10-19(11-9-18)26(29-23-2)20-12-14-21(27-3)15-13-20;1-16-20-17(12-4-8-14(18-2)9-5-12)13-6-10-15(19-3)11-7-13;1-14-18-17(12-6-2-10(15)3-7-12)13-8-4-11(16)5-9-13/h4-15H,1-3H3;4-11H,1-3H3;2-9H,15-16H2,1H3. The molecule has 18 heteroatoms. The third kappa shape index (κ3) is 15.2. The second-order valence-electron chi connectivity index (χ2n) is 13.8. The van der Waals surface area contributed by atoms with Crippen LogP contribution in [0.3, 0.4) is 0 Å². The number of hydrogen-bond donors (Lipinski definition) is 2. The summed E-state index contributed by atoms with van der Waals surface area (Å²) in [5, 5.41) is 6.96. The predicted molar refractivity (Wildman–Crippen MR) is 281 cm³/mol. The van der Waals surface area contributed by atoms with Crippen molar-refractivity contribution in [3.8, 4) is 17.2 Å². The number of nitrogens with two attached hydrogens (primary N) is 2. The summed E-state index contributed by atoms with van der Waals surface area (Å²) < 4.78 is 39.2. The van der Waals surface area contributed by atoms with Crippen molar-refractivity contribution in [3.05, 3.63) is 174 Å². The highest BCUT2D eigenvalue weighted by Crippen LogP contribution is 2.33. The van der Waals surface area contributed by atoms with Crippen molar-refractivity contribution >= 4 is 103 Å². The van der Waals surface area contributed by atoms with Crippen molar-refractivity contribution in [2.24, 2.45) is 0 Å². The number of halogens is 1. The molecule has 7 aromatic carbocycles. The molecule has 0 saturated carbocycles. The molecule has 0 fully saturated rings. The molecule has 340 valence electrons. The molecule has 0 aliphatic rings. The molecule has 0 amide bonds. The predicted octanol–water partition coefficient (Wildman–Crippen LogP) is 12.0. The first-order valence-electron chi connectivity index (χ1n) is 21.1. The van der Waals surface area contributed by atoms with E-state index in [4.69, 9.17) is 44.7 Å². The first-order valence-corrected chi connectivity index (χ1v) is 21.9. The molecule has 0 heterocycles. The normalized spacial score (nSPS) is 10.1. The highest BCUT2D eigenvalue weighted by atomic mass is 79.9. The van der Waals surface area contributed by atoms with Crippen molar-refractivity contribution < 1.29 is 33.2 Å². The van der Waals surface area contributed by atoms with E-state index < -0.39 is 0 Å². The monoisotopic (exact) mass is 960 g/mol. The van der Waals surface area contributed by atoms with E-state index in [0.717, 1.165) is 78.6 Å². The van der Waals surface area contributed by atoms with Crippen molar-refractivity contribution in [1.82, 2.24) is 0 Å². The summed E-state index contributed by atoms with van der Waals surface area (Å²) in [7, 11) is 11.5. The number of anilines is 10. The number of hydrogen-bond acceptors (Lipinski definition) is 13. The summed E-state index contributed by atoms with van der Waals surface area (Å²) in [5.41, 5.74) is 20.0. The second kappa shape index (κ2) is 27.1. The molecule has 7 aromatic rings. The van der Waals surface area contributed by atoms with Crippen LogP contribution in [-0.4, -0.2) is 51.3 Å². The SMILES string of the molecule is C[B]ON(c1ccc(Br)cc1)c1ccc(N(O[B]C)c2ccc(OC)cc2)cc1.C[B]ON(c1ccc(N)cc1)c1ccc(N)cc1.C[B]ON(c1ccc(OC)cc1)c1ccc(OC)cc1. The lowest BCUT2D eigenvalue weighted by molar-refractivity contribution is 0.343. The number of methoxy groups -OCH3 is 3. The molecule has 0 aliphatic carbocycles. The lowest BCUT2D eigenvalue weighted by Crippen LogP contribution is -2.20. The Labute approximate surface area is 406 Å². The molecule has 0 spiro atoms. The third-order valence-electron chi connectivity index (χ3n) is 9.40. The zero-order chi connectivity index (χ0) is 48.0. The zero-order valence-corrected chi connectivity index (χ0v) is 40.2. The van der Waals surface area contributed by atoms with Gasteiger partial charge in [0.15, 0.2) is 0 Å². The number of nitrogens with zero attached hydrogens (tertiary/aromatic N) is 4. The molecule has 0 saturated heterocycles. The van der Waals surface area contributed by atoms with Crippen LogP contribution >= 0.6 is 15.9 Å². The van der Waals surface area contributed by atoms with E-state index in [1.807, 2.05) is 197 Å². The van der Waals surface area contributed by atoms with E-state index in [2.05, 4.69) is 15.9 Å². The zero-order valence-electron chi connectivity index (χ0n) is 38.7. The number of benzene rings is 7. The van der Waals surface area contributed by atoms with Gasteiger partial charge >= 0.3 is 29.9 Å². The Kier molecular flexibility index (Phi) is 20.7. The van der Waals surface area contributed by atoms with E-state index in [1.165, 1.54) is 0 Å². The Morgan fingerprint density at radius 3 is 0.687 bits per heavy atom. The molecule has 67 heavy (non-hydrogen) atoms. The van der Waals surface area contributed by atoms with Gasteiger partial charge in [0.1, 0.15) is 17.2 Å². The minimum Gasteiger partial charge on any atom is -0.497 e. The quantitative estimate of drug-likeness (QED) is 0.0454. The Bertz CT molecular complexity index is 2370. The van der Waals surface area contributed by atoms with Crippen molar-refractivity contribution in [3.63, 3.8) is 0 Å². The molecule has 0 atom stereocenters. The summed E-state index contributed by atoms with van der Waals surface area (Å²) >= 11 is 3.46. The van der Waals surface area contributed by atoms with Crippen LogP contribution in [0.25, 0.3) is 0 Å². The van der Waals surface area contributed by atoms with Gasteiger partial charge in [0.25, 0.3) is 0 Å². The molecule has 7 rings (SSSR count). The van der Waals surface area contributed by atoms with Gasteiger partial charge in [-0.25, -0.2) is 20.3 Å². The molecule has 0 unspecified atom stereocenters. The Morgan fingerprint density at radius 1 is 0.313 bits per heavy atom. The highest BCUT2D eigenvalue weighted by Gasteiger charge is 2.15. The average molecular weight is 961 g/mol. The maximum Gasteiger partial charge on any atom is 0.331 e. The van der Waals surface area contributed by atoms with Crippen molar-refractivity contribution in [2.75, 3.05) is 53.0 Å². The lowest BCUT2D eigenvalue weighted by Gasteiger charge is -2.27. The fraction of sp³-hybridized carbons (Fsp3) is 0.143. The van der Waals surface area contributed by atoms with Gasteiger partial charge in [-0.3, -0.25) is 0 Å². The minimum atomic E-state index is 0.719. The largest absolute Gasteiger partial charge is 0.497 e. The molecular formula is C49H53B4BrN6O7. The van der Waals surface area contributed by atoms with Gasteiger partial charge < -0.3 is 44.7 Å². The fourth-order valence-corrected chi connectivity index (χ4v) is 6.44. The van der Waals surface area contributed by atoms with Crippen LogP contribution in [0.2, 0.25) is 27.3 Å². The smallest absolute Gasteiger partial charge is 0.331 e. The first-order chi connectivity index (χ1) is 32.6. The Morgan fingerprint density at radius 2 is 0.493 bits per heavy atom. The summed E-state index contributed by atoms with van der Waals surface area (Å²) in [4.78, 5) is 0. The number of ether oxygens (including phenoxy) is 3. The maximum absolute atomic E-state index is 5.74. The molecule has 4 N–H and O–H groups in total. The number of nitrogen functional groups attached to an aromatic ring is 2. The first kappa shape index (κ1) is 51.3. The molecule has 0 aromatic heterocycles.